The van der Waals surface area contributed by atoms with Crippen molar-refractivity contribution in [3.05, 3.63) is 48.2 Å². The zero-order chi connectivity index (χ0) is 16.2. The minimum Gasteiger partial charge on any atom is -0.497 e. The van der Waals surface area contributed by atoms with E-state index < -0.39 is 11.7 Å². The molecule has 1 aromatic carbocycles. The Labute approximate surface area is 130 Å². The van der Waals surface area contributed by atoms with Crippen LogP contribution in [0.15, 0.2) is 42.6 Å². The molecule has 1 aliphatic rings. The predicted octanol–water partition coefficient (Wildman–Crippen LogP) is 3.46. The first-order valence-corrected chi connectivity index (χ1v) is 7.03. The van der Waals surface area contributed by atoms with Crippen molar-refractivity contribution in [2.45, 2.75) is 19.4 Å². The Bertz CT molecular complexity index is 582. The molecular formula is C17H21NO4. The lowest BCUT2D eigenvalue weighted by Crippen LogP contribution is -2.34. The molecule has 1 amide bonds. The maximum Gasteiger partial charge on any atom is 0.414 e. The summed E-state index contributed by atoms with van der Waals surface area (Å²) in [6, 6.07) is 5.45. The topological polar surface area (TPSA) is 48.0 Å². The second kappa shape index (κ2) is 6.56. The first kappa shape index (κ1) is 15.9. The summed E-state index contributed by atoms with van der Waals surface area (Å²) in [5, 5.41) is 0. The van der Waals surface area contributed by atoms with Gasteiger partial charge in [-0.15, -0.1) is 0 Å². The maximum atomic E-state index is 12.3. The van der Waals surface area contributed by atoms with E-state index in [1.54, 1.807) is 32.6 Å². The summed E-state index contributed by atoms with van der Waals surface area (Å²) in [5.41, 5.74) is -0.0120. The van der Waals surface area contributed by atoms with Crippen LogP contribution in [-0.2, 0) is 10.3 Å². The van der Waals surface area contributed by atoms with Gasteiger partial charge in [-0.1, -0.05) is 12.2 Å². The zero-order valence-electron chi connectivity index (χ0n) is 13.3. The third kappa shape index (κ3) is 3.61. The van der Waals surface area contributed by atoms with E-state index in [0.29, 0.717) is 18.0 Å². The van der Waals surface area contributed by atoms with Crippen molar-refractivity contribution in [1.82, 2.24) is 4.90 Å². The van der Waals surface area contributed by atoms with Crippen molar-refractivity contribution in [2.75, 3.05) is 20.8 Å². The summed E-state index contributed by atoms with van der Waals surface area (Å²) >= 11 is 0. The molecule has 5 nitrogen and oxygen atoms in total. The highest BCUT2D eigenvalue weighted by Gasteiger charge is 2.28. The van der Waals surface area contributed by atoms with Crippen LogP contribution in [0.1, 0.15) is 19.4 Å². The number of hydrogen-bond donors (Lipinski definition) is 0. The van der Waals surface area contributed by atoms with Crippen LogP contribution in [0.2, 0.25) is 0 Å². The summed E-state index contributed by atoms with van der Waals surface area (Å²) in [5.74, 6) is 1.30. The van der Waals surface area contributed by atoms with Crippen molar-refractivity contribution in [3.63, 3.8) is 0 Å². The fourth-order valence-electron chi connectivity index (χ4n) is 2.09. The minimum absolute atomic E-state index is 0.396. The van der Waals surface area contributed by atoms with Gasteiger partial charge in [-0.25, -0.2) is 4.79 Å². The molecule has 22 heavy (non-hydrogen) atoms. The van der Waals surface area contributed by atoms with Gasteiger partial charge < -0.3 is 14.2 Å². The molecule has 1 aliphatic heterocycles. The van der Waals surface area contributed by atoms with Crippen LogP contribution in [0, 0.1) is 0 Å². The monoisotopic (exact) mass is 303 g/mol. The summed E-state index contributed by atoms with van der Waals surface area (Å²) in [4.78, 5) is 13.8. The molecule has 118 valence electrons. The second-order valence-corrected chi connectivity index (χ2v) is 5.40. The van der Waals surface area contributed by atoms with Gasteiger partial charge in [0.25, 0.3) is 0 Å². The fourth-order valence-corrected chi connectivity index (χ4v) is 2.09. The number of methoxy groups -OCH3 is 2. The van der Waals surface area contributed by atoms with E-state index in [1.807, 2.05) is 38.1 Å². The molecule has 0 unspecified atom stereocenters. The molecule has 0 spiro atoms. The Kier molecular flexibility index (Phi) is 4.75. The molecule has 1 aromatic rings. The van der Waals surface area contributed by atoms with Crippen molar-refractivity contribution < 1.29 is 19.0 Å². The standard InChI is InChI=1S/C17H21NO4/c1-17(2,22-16(19)18-8-6-5-7-9-18)13-10-14(20-3)12-15(11-13)21-4/h5-8,10-12H,9H2,1-4H3. The molecule has 0 fully saturated rings. The number of rotatable bonds is 4. The predicted molar refractivity (Wildman–Crippen MR) is 84.0 cm³/mol. The summed E-state index contributed by atoms with van der Waals surface area (Å²) < 4.78 is 16.2. The van der Waals surface area contributed by atoms with Crippen LogP contribution < -0.4 is 9.47 Å². The Morgan fingerprint density at radius 3 is 2.23 bits per heavy atom. The van der Waals surface area contributed by atoms with Crippen molar-refractivity contribution in [3.8, 4) is 11.5 Å². The van der Waals surface area contributed by atoms with Gasteiger partial charge in [0.2, 0.25) is 0 Å². The lowest BCUT2D eigenvalue weighted by atomic mass is 9.97. The number of nitrogens with zero attached hydrogens (tertiary/aromatic N) is 1. The van der Waals surface area contributed by atoms with Crippen LogP contribution in [0.25, 0.3) is 0 Å². The molecule has 0 saturated heterocycles. The van der Waals surface area contributed by atoms with Gasteiger partial charge in [-0.3, -0.25) is 4.90 Å². The van der Waals surface area contributed by atoms with Crippen LogP contribution in [-0.4, -0.2) is 31.8 Å². The molecule has 0 saturated carbocycles. The SMILES string of the molecule is COc1cc(OC)cc(C(C)(C)OC(=O)N2C=CC=CC2)c1. The van der Waals surface area contributed by atoms with Gasteiger partial charge in [-0.2, -0.15) is 0 Å². The molecule has 0 bridgehead atoms. The lowest BCUT2D eigenvalue weighted by Gasteiger charge is -2.29. The van der Waals surface area contributed by atoms with Crippen LogP contribution in [0.3, 0.4) is 0 Å². The average Bonchev–Trinajstić information content (AvgIpc) is 2.54. The molecule has 0 aromatic heterocycles. The normalized spacial score (nSPS) is 13.9. The highest BCUT2D eigenvalue weighted by atomic mass is 16.6. The van der Waals surface area contributed by atoms with E-state index >= 15 is 0 Å². The smallest absolute Gasteiger partial charge is 0.414 e. The van der Waals surface area contributed by atoms with Crippen molar-refractivity contribution >= 4 is 6.09 Å². The van der Waals surface area contributed by atoms with E-state index in [2.05, 4.69) is 0 Å². The number of hydrogen-bond acceptors (Lipinski definition) is 4. The molecule has 1 heterocycles. The van der Waals surface area contributed by atoms with Gasteiger partial charge >= 0.3 is 6.09 Å². The average molecular weight is 303 g/mol. The van der Waals surface area contributed by atoms with Crippen molar-refractivity contribution in [1.29, 1.82) is 0 Å². The Morgan fingerprint density at radius 1 is 1.09 bits per heavy atom. The number of ether oxygens (including phenoxy) is 3. The summed E-state index contributed by atoms with van der Waals surface area (Å²) in [6.07, 6.45) is 6.88. The van der Waals surface area contributed by atoms with Crippen LogP contribution in [0.5, 0.6) is 11.5 Å². The van der Waals surface area contributed by atoms with Gasteiger partial charge in [0.1, 0.15) is 17.1 Å². The second-order valence-electron chi connectivity index (χ2n) is 5.40. The van der Waals surface area contributed by atoms with Gasteiger partial charge in [0, 0.05) is 24.4 Å². The van der Waals surface area contributed by atoms with E-state index in [4.69, 9.17) is 14.2 Å². The molecule has 0 aliphatic carbocycles. The number of allylic oxidation sites excluding steroid dienone is 2. The third-order valence-electron chi connectivity index (χ3n) is 3.44. The molecule has 2 rings (SSSR count). The largest absolute Gasteiger partial charge is 0.497 e. The maximum absolute atomic E-state index is 12.3. The quantitative estimate of drug-likeness (QED) is 0.854. The van der Waals surface area contributed by atoms with Gasteiger partial charge in [0.05, 0.1) is 14.2 Å². The summed E-state index contributed by atoms with van der Waals surface area (Å²) in [6.45, 7) is 4.18. The van der Waals surface area contributed by atoms with E-state index in [9.17, 15) is 4.79 Å². The molecule has 0 atom stereocenters. The molecule has 0 N–H and O–H groups in total. The number of carbonyl (C=O) groups excluding carboxylic acids is 1. The lowest BCUT2D eigenvalue weighted by molar-refractivity contribution is 0.0197. The van der Waals surface area contributed by atoms with Crippen LogP contribution >= 0.6 is 0 Å². The first-order chi connectivity index (χ1) is 10.5. The molecular weight excluding hydrogens is 282 g/mol. The molecule has 0 radical (unpaired) electrons. The summed E-state index contributed by atoms with van der Waals surface area (Å²) in [7, 11) is 3.17. The fraction of sp³-hybridized carbons (Fsp3) is 0.353. The zero-order valence-corrected chi connectivity index (χ0v) is 13.3. The first-order valence-electron chi connectivity index (χ1n) is 7.03. The number of carbonyl (C=O) groups is 1. The molecule has 5 heteroatoms. The highest BCUT2D eigenvalue weighted by Crippen LogP contribution is 2.32. The van der Waals surface area contributed by atoms with Crippen LogP contribution in [0.4, 0.5) is 4.79 Å². The highest BCUT2D eigenvalue weighted by molar-refractivity contribution is 5.70. The number of amides is 1. The Morgan fingerprint density at radius 2 is 1.73 bits per heavy atom. The van der Waals surface area contributed by atoms with E-state index in [0.717, 1.165) is 5.56 Å². The Balaban J connectivity index is 2.20. The van der Waals surface area contributed by atoms with Crippen molar-refractivity contribution in [2.24, 2.45) is 0 Å². The minimum atomic E-state index is -0.812. The Hall–Kier alpha value is -2.43. The van der Waals surface area contributed by atoms with E-state index in [1.165, 1.54) is 4.90 Å². The van der Waals surface area contributed by atoms with Gasteiger partial charge in [0.15, 0.2) is 0 Å². The van der Waals surface area contributed by atoms with Gasteiger partial charge in [-0.05, 0) is 32.1 Å². The third-order valence-corrected chi connectivity index (χ3v) is 3.44. The number of benzene rings is 1. The van der Waals surface area contributed by atoms with E-state index in [-0.39, 0.29) is 0 Å².